The lowest BCUT2D eigenvalue weighted by Gasteiger charge is -2.36. The first-order valence-electron chi connectivity index (χ1n) is 9.55. The maximum Gasteiger partial charge on any atom is 0.226 e. The molecule has 4 nitrogen and oxygen atoms in total. The average molecular weight is 386 g/mol. The lowest BCUT2D eigenvalue weighted by atomic mass is 9.93. The minimum Gasteiger partial charge on any atom is -0.340 e. The molecule has 4 rings (SSSR count). The van der Waals surface area contributed by atoms with Gasteiger partial charge in [0.2, 0.25) is 5.91 Å². The number of rotatable bonds is 4. The molecule has 1 saturated heterocycles. The van der Waals surface area contributed by atoms with Crippen molar-refractivity contribution in [1.29, 1.82) is 0 Å². The molecule has 1 aromatic heterocycles. The summed E-state index contributed by atoms with van der Waals surface area (Å²) in [6.45, 7) is 4.17. The fourth-order valence-corrected chi connectivity index (χ4v) is 4.55. The quantitative estimate of drug-likeness (QED) is 0.748. The predicted molar refractivity (Wildman–Crippen MR) is 106 cm³/mol. The number of carbonyl (C=O) groups excluding carboxylic acids is 1. The van der Waals surface area contributed by atoms with Gasteiger partial charge in [0.15, 0.2) is 0 Å². The Hall–Kier alpha value is -2.05. The number of aromatic nitrogens is 1. The largest absolute Gasteiger partial charge is 0.340 e. The number of hydrogen-bond acceptors (Lipinski definition) is 4. The summed E-state index contributed by atoms with van der Waals surface area (Å²) in [5.41, 5.74) is 1.99. The van der Waals surface area contributed by atoms with Gasteiger partial charge in [-0.1, -0.05) is 12.2 Å². The SMILES string of the molecule is O=C([C@@H]1CC=CCC1)N1CCN(Cc2csc(-c3ccc(F)cc3)n2)CC1. The highest BCUT2D eigenvalue weighted by molar-refractivity contribution is 7.13. The third-order valence-corrected chi connectivity index (χ3v) is 6.27. The number of amides is 1. The summed E-state index contributed by atoms with van der Waals surface area (Å²) in [6, 6.07) is 6.47. The van der Waals surface area contributed by atoms with Crippen LogP contribution in [0.2, 0.25) is 0 Å². The van der Waals surface area contributed by atoms with Crippen LogP contribution in [-0.4, -0.2) is 46.9 Å². The summed E-state index contributed by atoms with van der Waals surface area (Å²) >= 11 is 1.59. The van der Waals surface area contributed by atoms with E-state index < -0.39 is 0 Å². The monoisotopic (exact) mass is 385 g/mol. The highest BCUT2D eigenvalue weighted by Crippen LogP contribution is 2.25. The Labute approximate surface area is 163 Å². The predicted octanol–water partition coefficient (Wildman–Crippen LogP) is 3.95. The minimum absolute atomic E-state index is 0.179. The van der Waals surface area contributed by atoms with E-state index >= 15 is 0 Å². The van der Waals surface area contributed by atoms with Crippen LogP contribution in [0, 0.1) is 11.7 Å². The maximum absolute atomic E-state index is 13.1. The minimum atomic E-state index is -0.229. The van der Waals surface area contributed by atoms with Crippen molar-refractivity contribution in [2.45, 2.75) is 25.8 Å². The third kappa shape index (κ3) is 4.45. The number of hydrogen-bond donors (Lipinski definition) is 0. The highest BCUT2D eigenvalue weighted by atomic mass is 32.1. The Morgan fingerprint density at radius 1 is 1.15 bits per heavy atom. The van der Waals surface area contributed by atoms with Crippen LogP contribution in [0.5, 0.6) is 0 Å². The molecule has 0 saturated carbocycles. The number of carbonyl (C=O) groups is 1. The Kier molecular flexibility index (Phi) is 5.64. The van der Waals surface area contributed by atoms with Crippen molar-refractivity contribution < 1.29 is 9.18 Å². The van der Waals surface area contributed by atoms with Crippen LogP contribution in [-0.2, 0) is 11.3 Å². The van der Waals surface area contributed by atoms with E-state index in [4.69, 9.17) is 4.98 Å². The molecular weight excluding hydrogens is 361 g/mol. The van der Waals surface area contributed by atoms with Crippen molar-refractivity contribution in [3.8, 4) is 10.6 Å². The molecule has 2 aliphatic rings. The first-order chi connectivity index (χ1) is 13.2. The number of benzene rings is 1. The van der Waals surface area contributed by atoms with Crippen LogP contribution in [0.1, 0.15) is 25.0 Å². The lowest BCUT2D eigenvalue weighted by molar-refractivity contribution is -0.137. The van der Waals surface area contributed by atoms with Gasteiger partial charge in [-0.05, 0) is 43.5 Å². The van der Waals surface area contributed by atoms with Gasteiger partial charge < -0.3 is 4.90 Å². The molecule has 2 aromatic rings. The molecule has 27 heavy (non-hydrogen) atoms. The van der Waals surface area contributed by atoms with Crippen molar-refractivity contribution in [3.63, 3.8) is 0 Å². The molecule has 1 aromatic carbocycles. The fourth-order valence-electron chi connectivity index (χ4n) is 3.74. The summed E-state index contributed by atoms with van der Waals surface area (Å²) < 4.78 is 13.1. The van der Waals surface area contributed by atoms with Gasteiger partial charge in [0, 0.05) is 49.6 Å². The van der Waals surface area contributed by atoms with Crippen molar-refractivity contribution >= 4 is 17.2 Å². The summed E-state index contributed by atoms with van der Waals surface area (Å²) in [6.07, 6.45) is 7.22. The van der Waals surface area contributed by atoms with E-state index in [0.717, 1.165) is 68.3 Å². The maximum atomic E-state index is 13.1. The molecule has 0 spiro atoms. The average Bonchev–Trinajstić information content (AvgIpc) is 3.18. The van der Waals surface area contributed by atoms with Crippen molar-refractivity contribution in [2.75, 3.05) is 26.2 Å². The Balaban J connectivity index is 1.30. The summed E-state index contributed by atoms with van der Waals surface area (Å²) in [5, 5.41) is 2.99. The molecule has 6 heteroatoms. The smallest absolute Gasteiger partial charge is 0.226 e. The van der Waals surface area contributed by atoms with Gasteiger partial charge in [-0.15, -0.1) is 11.3 Å². The van der Waals surface area contributed by atoms with Gasteiger partial charge in [0.05, 0.1) is 5.69 Å². The number of thiazole rings is 1. The topological polar surface area (TPSA) is 36.4 Å². The fraction of sp³-hybridized carbons (Fsp3) is 0.429. The zero-order valence-corrected chi connectivity index (χ0v) is 16.1. The van der Waals surface area contributed by atoms with Gasteiger partial charge in [-0.25, -0.2) is 9.37 Å². The zero-order chi connectivity index (χ0) is 18.6. The first kappa shape index (κ1) is 18.3. The Morgan fingerprint density at radius 2 is 1.93 bits per heavy atom. The molecular formula is C21H24FN3OS. The van der Waals surface area contributed by atoms with Gasteiger partial charge >= 0.3 is 0 Å². The third-order valence-electron chi connectivity index (χ3n) is 5.33. The second kappa shape index (κ2) is 8.31. The van der Waals surface area contributed by atoms with Crippen LogP contribution in [0.25, 0.3) is 10.6 Å². The molecule has 1 amide bonds. The molecule has 0 radical (unpaired) electrons. The second-order valence-corrected chi connectivity index (χ2v) is 8.09. The summed E-state index contributed by atoms with van der Waals surface area (Å²) in [4.78, 5) is 21.7. The molecule has 2 heterocycles. The molecule has 0 N–H and O–H groups in total. The summed E-state index contributed by atoms with van der Waals surface area (Å²) in [5.74, 6) is 0.275. The van der Waals surface area contributed by atoms with Crippen LogP contribution in [0.15, 0.2) is 41.8 Å². The number of nitrogens with zero attached hydrogens (tertiary/aromatic N) is 3. The number of piperazine rings is 1. The van der Waals surface area contributed by atoms with Crippen molar-refractivity contribution in [1.82, 2.24) is 14.8 Å². The number of allylic oxidation sites excluding steroid dienone is 2. The van der Waals surface area contributed by atoms with Gasteiger partial charge in [0.1, 0.15) is 10.8 Å². The standard InChI is InChI=1S/C21H24FN3OS/c22-18-8-6-16(7-9-18)20-23-19(15-27-20)14-24-10-12-25(13-11-24)21(26)17-4-2-1-3-5-17/h1-2,6-9,15,17H,3-5,10-14H2/t17-/m1/s1. The molecule has 0 unspecified atom stereocenters. The highest BCUT2D eigenvalue weighted by Gasteiger charge is 2.27. The molecule has 1 fully saturated rings. The lowest BCUT2D eigenvalue weighted by Crippen LogP contribution is -2.50. The molecule has 142 valence electrons. The Morgan fingerprint density at radius 3 is 2.63 bits per heavy atom. The van der Waals surface area contributed by atoms with E-state index in [2.05, 4.69) is 22.4 Å². The van der Waals surface area contributed by atoms with E-state index in [1.807, 2.05) is 4.90 Å². The zero-order valence-electron chi connectivity index (χ0n) is 15.3. The Bertz CT molecular complexity index is 809. The van der Waals surface area contributed by atoms with E-state index in [1.54, 1.807) is 23.5 Å². The van der Waals surface area contributed by atoms with Crippen LogP contribution < -0.4 is 0 Å². The van der Waals surface area contributed by atoms with Crippen LogP contribution in [0.3, 0.4) is 0 Å². The normalized spacial score (nSPS) is 20.8. The van der Waals surface area contributed by atoms with Gasteiger partial charge in [-0.2, -0.15) is 0 Å². The van der Waals surface area contributed by atoms with Crippen molar-refractivity contribution in [3.05, 3.63) is 53.3 Å². The van der Waals surface area contributed by atoms with Gasteiger partial charge in [-0.3, -0.25) is 9.69 Å². The van der Waals surface area contributed by atoms with Crippen molar-refractivity contribution in [2.24, 2.45) is 5.92 Å². The van der Waals surface area contributed by atoms with Crippen LogP contribution >= 0.6 is 11.3 Å². The van der Waals surface area contributed by atoms with E-state index in [9.17, 15) is 9.18 Å². The van der Waals surface area contributed by atoms with Crippen LogP contribution in [0.4, 0.5) is 4.39 Å². The molecule has 1 aliphatic heterocycles. The first-order valence-corrected chi connectivity index (χ1v) is 10.4. The molecule has 1 atom stereocenters. The van der Waals surface area contributed by atoms with E-state index in [1.165, 1.54) is 12.1 Å². The van der Waals surface area contributed by atoms with E-state index in [-0.39, 0.29) is 11.7 Å². The second-order valence-electron chi connectivity index (χ2n) is 7.23. The molecule has 0 bridgehead atoms. The molecule has 1 aliphatic carbocycles. The summed E-state index contributed by atoms with van der Waals surface area (Å²) in [7, 11) is 0. The number of halogens is 1. The van der Waals surface area contributed by atoms with E-state index in [0.29, 0.717) is 5.91 Å². The van der Waals surface area contributed by atoms with Gasteiger partial charge in [0.25, 0.3) is 0 Å².